The Kier molecular flexibility index (Phi) is 3.29. The summed E-state index contributed by atoms with van der Waals surface area (Å²) in [5.74, 6) is -0.215. The summed E-state index contributed by atoms with van der Waals surface area (Å²) in [5.41, 5.74) is -1.12. The zero-order valence-electron chi connectivity index (χ0n) is 8.88. The highest BCUT2D eigenvalue weighted by atomic mass is 35.5. The van der Waals surface area contributed by atoms with E-state index < -0.39 is 17.2 Å². The predicted octanol–water partition coefficient (Wildman–Crippen LogP) is 1.45. The average Bonchev–Trinajstić information content (AvgIpc) is 2.61. The summed E-state index contributed by atoms with van der Waals surface area (Å²) in [5, 5.41) is 4.76. The lowest BCUT2D eigenvalue weighted by Crippen LogP contribution is -2.23. The number of nitrogens with zero attached hydrogens (tertiary/aromatic N) is 2. The SMILES string of the molecule is O=C1CC(Nc2cc(C(F)(F)F)nc(Cl)n2)CN1. The highest BCUT2D eigenvalue weighted by molar-refractivity contribution is 6.28. The first-order valence-corrected chi connectivity index (χ1v) is 5.37. The van der Waals surface area contributed by atoms with Crippen LogP contribution in [-0.4, -0.2) is 28.5 Å². The zero-order chi connectivity index (χ0) is 13.3. The van der Waals surface area contributed by atoms with Crippen LogP contribution >= 0.6 is 11.6 Å². The van der Waals surface area contributed by atoms with Crippen molar-refractivity contribution in [2.24, 2.45) is 0 Å². The van der Waals surface area contributed by atoms with Gasteiger partial charge >= 0.3 is 6.18 Å². The van der Waals surface area contributed by atoms with Crippen molar-refractivity contribution in [1.82, 2.24) is 15.3 Å². The van der Waals surface area contributed by atoms with Gasteiger partial charge in [-0.2, -0.15) is 13.2 Å². The van der Waals surface area contributed by atoms with Gasteiger partial charge in [0.15, 0.2) is 5.69 Å². The lowest BCUT2D eigenvalue weighted by molar-refractivity contribution is -0.141. The first kappa shape index (κ1) is 12.9. The second kappa shape index (κ2) is 4.60. The van der Waals surface area contributed by atoms with Crippen molar-refractivity contribution < 1.29 is 18.0 Å². The maximum atomic E-state index is 12.5. The van der Waals surface area contributed by atoms with E-state index in [1.807, 2.05) is 0 Å². The predicted molar refractivity (Wildman–Crippen MR) is 57.1 cm³/mol. The molecule has 1 atom stereocenters. The monoisotopic (exact) mass is 280 g/mol. The van der Waals surface area contributed by atoms with Crippen molar-refractivity contribution in [3.63, 3.8) is 0 Å². The van der Waals surface area contributed by atoms with Gasteiger partial charge in [-0.3, -0.25) is 4.79 Å². The summed E-state index contributed by atoms with van der Waals surface area (Å²) in [4.78, 5) is 17.7. The van der Waals surface area contributed by atoms with E-state index in [0.717, 1.165) is 6.07 Å². The third-order valence-corrected chi connectivity index (χ3v) is 2.49. The number of hydrogen-bond acceptors (Lipinski definition) is 4. The van der Waals surface area contributed by atoms with Crippen molar-refractivity contribution in [2.45, 2.75) is 18.6 Å². The van der Waals surface area contributed by atoms with Crippen LogP contribution in [0.1, 0.15) is 12.1 Å². The van der Waals surface area contributed by atoms with Crippen molar-refractivity contribution >= 4 is 23.3 Å². The molecule has 1 aliphatic heterocycles. The van der Waals surface area contributed by atoms with Crippen LogP contribution in [0.4, 0.5) is 19.0 Å². The van der Waals surface area contributed by atoms with Crippen molar-refractivity contribution in [2.75, 3.05) is 11.9 Å². The largest absolute Gasteiger partial charge is 0.433 e. The molecule has 0 aromatic carbocycles. The second-order valence-electron chi connectivity index (χ2n) is 3.75. The summed E-state index contributed by atoms with van der Waals surface area (Å²) < 4.78 is 37.4. The molecule has 0 aliphatic carbocycles. The maximum Gasteiger partial charge on any atom is 0.433 e. The average molecular weight is 281 g/mol. The number of halogens is 4. The Morgan fingerprint density at radius 2 is 2.17 bits per heavy atom. The molecule has 18 heavy (non-hydrogen) atoms. The Labute approximate surface area is 105 Å². The molecule has 1 aromatic heterocycles. The Balaban J connectivity index is 2.18. The molecule has 2 N–H and O–H groups in total. The number of hydrogen-bond donors (Lipinski definition) is 2. The smallest absolute Gasteiger partial charge is 0.365 e. The van der Waals surface area contributed by atoms with Crippen LogP contribution in [0, 0.1) is 0 Å². The minimum absolute atomic E-state index is 0.0520. The molecule has 2 heterocycles. The lowest BCUT2D eigenvalue weighted by Gasteiger charge is -2.13. The minimum atomic E-state index is -4.59. The van der Waals surface area contributed by atoms with E-state index in [1.165, 1.54) is 0 Å². The van der Waals surface area contributed by atoms with Gasteiger partial charge in [-0.05, 0) is 11.6 Å². The van der Waals surface area contributed by atoms with Gasteiger partial charge < -0.3 is 10.6 Å². The minimum Gasteiger partial charge on any atom is -0.365 e. The normalized spacial score (nSPS) is 19.8. The molecular weight excluding hydrogens is 273 g/mol. The molecule has 1 amide bonds. The Bertz CT molecular complexity index is 479. The molecular formula is C9H8ClF3N4O. The van der Waals surface area contributed by atoms with Crippen LogP contribution in [0.2, 0.25) is 5.28 Å². The fourth-order valence-electron chi connectivity index (χ4n) is 1.55. The molecule has 0 saturated carbocycles. The molecule has 2 rings (SSSR count). The van der Waals surface area contributed by atoms with Gasteiger partial charge in [-0.1, -0.05) is 0 Å². The summed E-state index contributed by atoms with van der Waals surface area (Å²) in [7, 11) is 0. The molecule has 5 nitrogen and oxygen atoms in total. The summed E-state index contributed by atoms with van der Waals surface area (Å²) in [6.07, 6.45) is -4.41. The molecule has 0 bridgehead atoms. The van der Waals surface area contributed by atoms with Crippen molar-refractivity contribution in [3.05, 3.63) is 17.0 Å². The molecule has 1 unspecified atom stereocenters. The molecule has 0 radical (unpaired) electrons. The number of amides is 1. The fraction of sp³-hybridized carbons (Fsp3) is 0.444. The highest BCUT2D eigenvalue weighted by Gasteiger charge is 2.34. The van der Waals surface area contributed by atoms with E-state index in [9.17, 15) is 18.0 Å². The van der Waals surface area contributed by atoms with Gasteiger partial charge in [0.25, 0.3) is 0 Å². The van der Waals surface area contributed by atoms with Crippen LogP contribution in [0.15, 0.2) is 6.07 Å². The number of rotatable bonds is 2. The van der Waals surface area contributed by atoms with Gasteiger partial charge in [-0.25, -0.2) is 9.97 Å². The fourth-order valence-corrected chi connectivity index (χ4v) is 1.74. The quantitative estimate of drug-likeness (QED) is 0.805. The van der Waals surface area contributed by atoms with E-state index in [-0.39, 0.29) is 24.2 Å². The van der Waals surface area contributed by atoms with Crippen LogP contribution in [-0.2, 0) is 11.0 Å². The Morgan fingerprint density at radius 1 is 1.44 bits per heavy atom. The lowest BCUT2D eigenvalue weighted by atomic mass is 10.2. The van der Waals surface area contributed by atoms with Crippen molar-refractivity contribution in [3.8, 4) is 0 Å². The Hall–Kier alpha value is -1.57. The first-order chi connectivity index (χ1) is 8.34. The second-order valence-corrected chi connectivity index (χ2v) is 4.09. The number of aromatic nitrogens is 2. The van der Waals surface area contributed by atoms with E-state index in [2.05, 4.69) is 20.6 Å². The van der Waals surface area contributed by atoms with Crippen LogP contribution < -0.4 is 10.6 Å². The van der Waals surface area contributed by atoms with E-state index >= 15 is 0 Å². The van der Waals surface area contributed by atoms with Gasteiger partial charge in [0.1, 0.15) is 5.82 Å². The van der Waals surface area contributed by atoms with E-state index in [0.29, 0.717) is 6.54 Å². The molecule has 1 aliphatic rings. The molecule has 1 aromatic rings. The van der Waals surface area contributed by atoms with Gasteiger partial charge in [0.2, 0.25) is 11.2 Å². The molecule has 98 valence electrons. The first-order valence-electron chi connectivity index (χ1n) is 4.99. The summed E-state index contributed by atoms with van der Waals surface area (Å²) in [6.45, 7) is 0.335. The number of carbonyl (C=O) groups is 1. The van der Waals surface area contributed by atoms with Gasteiger partial charge in [-0.15, -0.1) is 0 Å². The summed E-state index contributed by atoms with van der Waals surface area (Å²) in [6, 6.07) is 0.457. The van der Waals surface area contributed by atoms with Crippen LogP contribution in [0.25, 0.3) is 0 Å². The Morgan fingerprint density at radius 3 is 2.72 bits per heavy atom. The number of alkyl halides is 3. The van der Waals surface area contributed by atoms with Crippen molar-refractivity contribution in [1.29, 1.82) is 0 Å². The van der Waals surface area contributed by atoms with Crippen LogP contribution in [0.3, 0.4) is 0 Å². The highest BCUT2D eigenvalue weighted by Crippen LogP contribution is 2.29. The summed E-state index contributed by atoms with van der Waals surface area (Å²) >= 11 is 5.43. The molecule has 9 heteroatoms. The van der Waals surface area contributed by atoms with Gasteiger partial charge in [0, 0.05) is 19.0 Å². The van der Waals surface area contributed by atoms with Crippen LogP contribution in [0.5, 0.6) is 0 Å². The third-order valence-electron chi connectivity index (χ3n) is 2.32. The maximum absolute atomic E-state index is 12.5. The molecule has 0 spiro atoms. The zero-order valence-corrected chi connectivity index (χ0v) is 9.64. The third kappa shape index (κ3) is 3.00. The number of nitrogens with one attached hydrogen (secondary N) is 2. The van der Waals surface area contributed by atoms with E-state index in [1.54, 1.807) is 0 Å². The number of carbonyl (C=O) groups excluding carboxylic acids is 1. The topological polar surface area (TPSA) is 66.9 Å². The van der Waals surface area contributed by atoms with E-state index in [4.69, 9.17) is 11.6 Å². The van der Waals surface area contributed by atoms with Gasteiger partial charge in [0.05, 0.1) is 6.04 Å². The standard InChI is InChI=1S/C9H8ClF3N4O/c10-8-16-5(9(11,12)13)2-6(17-8)15-4-1-7(18)14-3-4/h2,4H,1,3H2,(H,14,18)(H,15,16,17). The molecule has 1 fully saturated rings. The molecule has 1 saturated heterocycles. The number of anilines is 1.